The summed E-state index contributed by atoms with van der Waals surface area (Å²) in [4.78, 5) is 14.3. The highest BCUT2D eigenvalue weighted by Gasteiger charge is 2.35. The molecule has 2 aliphatic heterocycles. The average Bonchev–Trinajstić information content (AvgIpc) is 3.17. The molecule has 1 aromatic heterocycles. The highest BCUT2D eigenvalue weighted by molar-refractivity contribution is 7.89. The summed E-state index contributed by atoms with van der Waals surface area (Å²) in [6.07, 6.45) is 1.87. The lowest BCUT2D eigenvalue weighted by molar-refractivity contribution is -0.134. The van der Waals surface area contributed by atoms with Crippen LogP contribution in [0.4, 0.5) is 0 Å². The van der Waals surface area contributed by atoms with Crippen molar-refractivity contribution in [2.75, 3.05) is 32.7 Å². The molecule has 1 aromatic rings. The lowest BCUT2D eigenvalue weighted by Crippen LogP contribution is -2.54. The van der Waals surface area contributed by atoms with E-state index < -0.39 is 10.0 Å². The molecule has 10 heteroatoms. The molecule has 0 saturated carbocycles. The predicted octanol–water partition coefficient (Wildman–Crippen LogP) is 0.298. The Labute approximate surface area is 148 Å². The largest absolute Gasteiger partial charge is 0.360 e. The van der Waals surface area contributed by atoms with Crippen LogP contribution in [0.25, 0.3) is 0 Å². The van der Waals surface area contributed by atoms with E-state index in [2.05, 4.69) is 10.5 Å². The Morgan fingerprint density at radius 2 is 1.92 bits per heavy atom. The second-order valence-corrected chi connectivity index (χ2v) is 7.91. The van der Waals surface area contributed by atoms with Crippen LogP contribution in [0.2, 0.25) is 0 Å². The van der Waals surface area contributed by atoms with E-state index in [1.807, 2.05) is 0 Å². The van der Waals surface area contributed by atoms with Gasteiger partial charge in [0, 0.05) is 26.2 Å². The molecule has 1 amide bonds. The van der Waals surface area contributed by atoms with E-state index in [1.165, 1.54) is 4.31 Å². The van der Waals surface area contributed by atoms with Gasteiger partial charge in [-0.2, -0.15) is 4.31 Å². The number of aryl methyl sites for hydroxylation is 2. The average molecular weight is 379 g/mol. The molecular weight excluding hydrogens is 356 g/mol. The Morgan fingerprint density at radius 1 is 1.25 bits per heavy atom. The lowest BCUT2D eigenvalue weighted by Gasteiger charge is -2.35. The van der Waals surface area contributed by atoms with Gasteiger partial charge in [0.25, 0.3) is 0 Å². The number of hydrogen-bond donors (Lipinski definition) is 1. The molecule has 0 spiro atoms. The summed E-state index contributed by atoms with van der Waals surface area (Å²) < 4.78 is 31.8. The maximum absolute atomic E-state index is 12.7. The first kappa shape index (κ1) is 19.2. The molecule has 0 aliphatic carbocycles. The zero-order chi connectivity index (χ0) is 16.6. The maximum Gasteiger partial charge on any atom is 0.248 e. The van der Waals surface area contributed by atoms with Gasteiger partial charge >= 0.3 is 0 Å². The highest BCUT2D eigenvalue weighted by atomic mass is 35.5. The molecule has 8 nitrogen and oxygen atoms in total. The van der Waals surface area contributed by atoms with E-state index in [1.54, 1.807) is 18.7 Å². The number of halogens is 1. The summed E-state index contributed by atoms with van der Waals surface area (Å²) >= 11 is 0. The van der Waals surface area contributed by atoms with Gasteiger partial charge in [-0.05, 0) is 33.2 Å². The van der Waals surface area contributed by atoms with Crippen LogP contribution in [0.1, 0.15) is 24.3 Å². The fourth-order valence-electron chi connectivity index (χ4n) is 3.24. The molecule has 1 atom stereocenters. The van der Waals surface area contributed by atoms with Crippen molar-refractivity contribution in [2.45, 2.75) is 37.6 Å². The molecule has 3 rings (SSSR count). The summed E-state index contributed by atoms with van der Waals surface area (Å²) in [5, 5.41) is 6.91. The highest BCUT2D eigenvalue weighted by Crippen LogP contribution is 2.24. The van der Waals surface area contributed by atoms with E-state index >= 15 is 0 Å². The number of hydrogen-bond acceptors (Lipinski definition) is 6. The second-order valence-electron chi connectivity index (χ2n) is 6.03. The van der Waals surface area contributed by atoms with Crippen molar-refractivity contribution in [3.05, 3.63) is 11.5 Å². The van der Waals surface area contributed by atoms with Gasteiger partial charge in [-0.3, -0.25) is 4.79 Å². The Morgan fingerprint density at radius 3 is 2.42 bits per heavy atom. The van der Waals surface area contributed by atoms with Crippen LogP contribution in [-0.2, 0) is 14.8 Å². The van der Waals surface area contributed by atoms with Crippen molar-refractivity contribution in [3.63, 3.8) is 0 Å². The number of sulfonamides is 1. The molecule has 3 heterocycles. The molecule has 2 aliphatic rings. The maximum atomic E-state index is 12.7. The Kier molecular flexibility index (Phi) is 5.90. The van der Waals surface area contributed by atoms with Gasteiger partial charge in [0.05, 0.1) is 6.04 Å². The second kappa shape index (κ2) is 7.38. The van der Waals surface area contributed by atoms with Crippen LogP contribution < -0.4 is 5.32 Å². The van der Waals surface area contributed by atoms with Crippen molar-refractivity contribution in [1.29, 1.82) is 0 Å². The SMILES string of the molecule is Cc1noc(C)c1S(=O)(=O)N1CCN(C(=O)C2CCCN2)CC1.Cl. The summed E-state index contributed by atoms with van der Waals surface area (Å²) in [7, 11) is -3.62. The monoisotopic (exact) mass is 378 g/mol. The number of nitrogens with one attached hydrogen (secondary N) is 1. The third-order valence-electron chi connectivity index (χ3n) is 4.47. The summed E-state index contributed by atoms with van der Waals surface area (Å²) in [6, 6.07) is -0.110. The first-order chi connectivity index (χ1) is 10.9. The quantitative estimate of drug-likeness (QED) is 0.812. The molecular formula is C14H23ClN4O4S. The van der Waals surface area contributed by atoms with E-state index in [0.717, 1.165) is 19.4 Å². The van der Waals surface area contributed by atoms with E-state index in [4.69, 9.17) is 4.52 Å². The number of rotatable bonds is 3. The van der Waals surface area contributed by atoms with E-state index in [9.17, 15) is 13.2 Å². The van der Waals surface area contributed by atoms with Gasteiger partial charge in [-0.25, -0.2) is 8.42 Å². The molecule has 24 heavy (non-hydrogen) atoms. The number of nitrogens with zero attached hydrogens (tertiary/aromatic N) is 3. The van der Waals surface area contributed by atoms with Crippen molar-refractivity contribution in [3.8, 4) is 0 Å². The van der Waals surface area contributed by atoms with Crippen LogP contribution in [0.15, 0.2) is 9.42 Å². The number of carbonyl (C=O) groups excluding carboxylic acids is 1. The van der Waals surface area contributed by atoms with Crippen molar-refractivity contribution < 1.29 is 17.7 Å². The first-order valence-electron chi connectivity index (χ1n) is 7.86. The van der Waals surface area contributed by atoms with Crippen molar-refractivity contribution in [1.82, 2.24) is 19.7 Å². The summed E-state index contributed by atoms with van der Waals surface area (Å²) in [5.41, 5.74) is 0.371. The van der Waals surface area contributed by atoms with E-state index in [-0.39, 0.29) is 29.3 Å². The number of piperazine rings is 1. The minimum absolute atomic E-state index is 0. The molecule has 136 valence electrons. The molecule has 2 saturated heterocycles. The Balaban J connectivity index is 0.00000208. The molecule has 0 aromatic carbocycles. The van der Waals surface area contributed by atoms with Gasteiger partial charge in [0.2, 0.25) is 15.9 Å². The smallest absolute Gasteiger partial charge is 0.248 e. The normalized spacial score (nSPS) is 22.4. The summed E-state index contributed by atoms with van der Waals surface area (Å²) in [5.74, 6) is 0.382. The van der Waals surface area contributed by atoms with Gasteiger partial charge in [-0.15, -0.1) is 12.4 Å². The zero-order valence-electron chi connectivity index (χ0n) is 13.8. The Bertz CT molecular complexity index is 672. The third-order valence-corrected chi connectivity index (χ3v) is 6.62. The van der Waals surface area contributed by atoms with Gasteiger partial charge in [0.15, 0.2) is 5.76 Å². The molecule has 0 bridgehead atoms. The molecule has 2 fully saturated rings. The standard InChI is InChI=1S/C14H22N4O4S.ClH/c1-10-13(11(2)22-16-10)23(20,21)18-8-6-17(7-9-18)14(19)12-4-3-5-15-12;/h12,15H,3-9H2,1-2H3;1H. The van der Waals surface area contributed by atoms with Crippen LogP contribution in [0.3, 0.4) is 0 Å². The fraction of sp³-hybridized carbons (Fsp3) is 0.714. The first-order valence-corrected chi connectivity index (χ1v) is 9.30. The van der Waals surface area contributed by atoms with Gasteiger partial charge < -0.3 is 14.7 Å². The lowest BCUT2D eigenvalue weighted by atomic mass is 10.2. The van der Waals surface area contributed by atoms with Crippen LogP contribution in [0.5, 0.6) is 0 Å². The minimum Gasteiger partial charge on any atom is -0.360 e. The van der Waals surface area contributed by atoms with Gasteiger partial charge in [-0.1, -0.05) is 5.16 Å². The molecule has 1 N–H and O–H groups in total. The topological polar surface area (TPSA) is 95.8 Å². The number of aromatic nitrogens is 1. The Hall–Kier alpha value is -1.16. The van der Waals surface area contributed by atoms with Crippen molar-refractivity contribution >= 4 is 28.3 Å². The van der Waals surface area contributed by atoms with Gasteiger partial charge in [0.1, 0.15) is 10.6 Å². The molecule has 0 radical (unpaired) electrons. The predicted molar refractivity (Wildman–Crippen MR) is 89.6 cm³/mol. The van der Waals surface area contributed by atoms with E-state index in [0.29, 0.717) is 37.6 Å². The minimum atomic E-state index is -3.62. The number of carbonyl (C=O) groups is 1. The molecule has 1 unspecified atom stereocenters. The summed E-state index contributed by atoms with van der Waals surface area (Å²) in [6.45, 7) is 5.51. The zero-order valence-corrected chi connectivity index (χ0v) is 15.5. The third kappa shape index (κ3) is 3.44. The van der Waals surface area contributed by atoms with Crippen molar-refractivity contribution in [2.24, 2.45) is 0 Å². The van der Waals surface area contributed by atoms with Crippen LogP contribution in [0, 0.1) is 13.8 Å². The van der Waals surface area contributed by atoms with Crippen LogP contribution in [-0.4, -0.2) is 67.5 Å². The fourth-order valence-corrected chi connectivity index (χ4v) is 4.95. The number of amides is 1. The van der Waals surface area contributed by atoms with Crippen LogP contribution >= 0.6 is 12.4 Å².